The molecule has 0 saturated heterocycles. The van der Waals surface area contributed by atoms with Crippen molar-refractivity contribution >= 4 is 15.7 Å². The van der Waals surface area contributed by atoms with Crippen molar-refractivity contribution in [3.8, 4) is 0 Å². The van der Waals surface area contributed by atoms with Crippen LogP contribution in [0.3, 0.4) is 0 Å². The molecular weight excluding hydrogens is 307 g/mol. The first-order chi connectivity index (χ1) is 9.83. The fraction of sp³-hybridized carbons (Fsp3) is 0.0769. The largest absolute Gasteiger partial charge is 0.392 e. The second-order valence-electron chi connectivity index (χ2n) is 4.15. The van der Waals surface area contributed by atoms with Crippen LogP contribution in [-0.4, -0.2) is 13.5 Å². The van der Waals surface area contributed by atoms with Crippen LogP contribution in [0.1, 0.15) is 5.56 Å². The van der Waals surface area contributed by atoms with Gasteiger partial charge >= 0.3 is 0 Å². The molecule has 0 spiro atoms. The van der Waals surface area contributed by atoms with E-state index in [2.05, 4.69) is 0 Å². The van der Waals surface area contributed by atoms with Crippen molar-refractivity contribution < 1.29 is 26.7 Å². The van der Waals surface area contributed by atoms with Crippen LogP contribution in [0.15, 0.2) is 41.3 Å². The molecule has 0 unspecified atom stereocenters. The van der Waals surface area contributed by atoms with Crippen molar-refractivity contribution in [3.05, 3.63) is 59.4 Å². The van der Waals surface area contributed by atoms with Gasteiger partial charge in [-0.3, -0.25) is 4.72 Å². The molecule has 2 N–H and O–H groups in total. The SMILES string of the molecule is O=S(=O)(Nc1cc(F)ccc1F)c1ccc(CO)cc1F. The number of aliphatic hydroxyl groups excluding tert-OH is 1. The van der Waals surface area contributed by atoms with Gasteiger partial charge in [0, 0.05) is 6.07 Å². The Morgan fingerprint density at radius 3 is 2.33 bits per heavy atom. The van der Waals surface area contributed by atoms with Crippen LogP contribution >= 0.6 is 0 Å². The number of rotatable bonds is 4. The molecule has 112 valence electrons. The zero-order chi connectivity index (χ0) is 15.6. The molecule has 0 atom stereocenters. The van der Waals surface area contributed by atoms with Gasteiger partial charge in [0.15, 0.2) is 0 Å². The smallest absolute Gasteiger partial charge is 0.264 e. The fourth-order valence-electron chi connectivity index (χ4n) is 1.64. The number of anilines is 1. The Balaban J connectivity index is 2.41. The van der Waals surface area contributed by atoms with E-state index in [-0.39, 0.29) is 5.56 Å². The Bertz CT molecular complexity index is 778. The Morgan fingerprint density at radius 2 is 1.71 bits per heavy atom. The third kappa shape index (κ3) is 3.34. The summed E-state index contributed by atoms with van der Waals surface area (Å²) in [5, 5.41) is 8.83. The highest BCUT2D eigenvalue weighted by molar-refractivity contribution is 7.92. The highest BCUT2D eigenvalue weighted by atomic mass is 32.2. The Labute approximate surface area is 118 Å². The second kappa shape index (κ2) is 5.74. The first kappa shape index (κ1) is 15.3. The predicted octanol–water partition coefficient (Wildman–Crippen LogP) is 2.40. The number of benzene rings is 2. The molecule has 2 aromatic rings. The van der Waals surface area contributed by atoms with Gasteiger partial charge in [-0.1, -0.05) is 6.07 Å². The summed E-state index contributed by atoms with van der Waals surface area (Å²) in [5.74, 6) is -2.94. The van der Waals surface area contributed by atoms with Gasteiger partial charge in [0.1, 0.15) is 22.3 Å². The molecule has 8 heteroatoms. The maximum absolute atomic E-state index is 13.7. The highest BCUT2D eigenvalue weighted by Crippen LogP contribution is 2.22. The molecule has 2 aromatic carbocycles. The number of hydrogen-bond acceptors (Lipinski definition) is 3. The summed E-state index contributed by atoms with van der Waals surface area (Å²) in [5.41, 5.74) is -0.441. The van der Waals surface area contributed by atoms with E-state index in [0.717, 1.165) is 24.3 Å². The fourth-order valence-corrected chi connectivity index (χ4v) is 2.75. The monoisotopic (exact) mass is 317 g/mol. The molecule has 0 fully saturated rings. The Kier molecular flexibility index (Phi) is 4.19. The van der Waals surface area contributed by atoms with Crippen molar-refractivity contribution in [1.29, 1.82) is 0 Å². The number of hydrogen-bond donors (Lipinski definition) is 2. The molecular formula is C13H10F3NO3S. The van der Waals surface area contributed by atoms with Crippen molar-refractivity contribution in [2.75, 3.05) is 4.72 Å². The lowest BCUT2D eigenvalue weighted by atomic mass is 10.2. The molecule has 0 heterocycles. The first-order valence-electron chi connectivity index (χ1n) is 5.70. The first-order valence-corrected chi connectivity index (χ1v) is 7.19. The third-order valence-corrected chi connectivity index (χ3v) is 4.04. The van der Waals surface area contributed by atoms with Crippen LogP contribution in [0, 0.1) is 17.5 Å². The van der Waals surface area contributed by atoms with E-state index in [1.807, 2.05) is 0 Å². The number of nitrogens with one attached hydrogen (secondary N) is 1. The highest BCUT2D eigenvalue weighted by Gasteiger charge is 2.21. The summed E-state index contributed by atoms with van der Waals surface area (Å²) >= 11 is 0. The molecule has 4 nitrogen and oxygen atoms in total. The summed E-state index contributed by atoms with van der Waals surface area (Å²) < 4.78 is 65.9. The van der Waals surface area contributed by atoms with E-state index in [9.17, 15) is 21.6 Å². The topological polar surface area (TPSA) is 66.4 Å². The normalized spacial score (nSPS) is 11.4. The van der Waals surface area contributed by atoms with Gasteiger partial charge in [0.25, 0.3) is 10.0 Å². The van der Waals surface area contributed by atoms with Gasteiger partial charge in [-0.25, -0.2) is 21.6 Å². The Hall–Kier alpha value is -2.06. The molecule has 0 saturated carbocycles. The van der Waals surface area contributed by atoms with Crippen molar-refractivity contribution in [1.82, 2.24) is 0 Å². The summed E-state index contributed by atoms with van der Waals surface area (Å²) in [4.78, 5) is -0.733. The van der Waals surface area contributed by atoms with Gasteiger partial charge in [-0.15, -0.1) is 0 Å². The molecule has 0 bridgehead atoms. The van der Waals surface area contributed by atoms with Gasteiger partial charge in [-0.05, 0) is 29.8 Å². The predicted molar refractivity (Wildman–Crippen MR) is 69.5 cm³/mol. The maximum atomic E-state index is 13.7. The molecule has 0 aliphatic rings. The minimum absolute atomic E-state index is 0.184. The molecule has 0 radical (unpaired) electrons. The summed E-state index contributed by atoms with van der Waals surface area (Å²) in [6, 6.07) is 5.20. The lowest BCUT2D eigenvalue weighted by Gasteiger charge is -2.10. The summed E-state index contributed by atoms with van der Waals surface area (Å²) in [7, 11) is -4.42. The quantitative estimate of drug-likeness (QED) is 0.910. The van der Waals surface area contributed by atoms with Gasteiger partial charge in [0.05, 0.1) is 12.3 Å². The average molecular weight is 317 g/mol. The zero-order valence-corrected chi connectivity index (χ0v) is 11.3. The number of aliphatic hydroxyl groups is 1. The van der Waals surface area contributed by atoms with Crippen molar-refractivity contribution in [2.45, 2.75) is 11.5 Å². The lowest BCUT2D eigenvalue weighted by Crippen LogP contribution is -2.16. The minimum atomic E-state index is -4.42. The second-order valence-corrected chi connectivity index (χ2v) is 5.80. The van der Waals surface area contributed by atoms with E-state index >= 15 is 0 Å². The van der Waals surface area contributed by atoms with Crippen LogP contribution in [0.4, 0.5) is 18.9 Å². The molecule has 0 aromatic heterocycles. The van der Waals surface area contributed by atoms with Crippen LogP contribution in [0.25, 0.3) is 0 Å². The van der Waals surface area contributed by atoms with E-state index in [1.165, 1.54) is 6.07 Å². The molecule has 0 amide bonds. The van der Waals surface area contributed by atoms with Gasteiger partial charge in [-0.2, -0.15) is 0 Å². The average Bonchev–Trinajstić information content (AvgIpc) is 2.42. The van der Waals surface area contributed by atoms with E-state index < -0.39 is 44.7 Å². The van der Waals surface area contributed by atoms with Crippen LogP contribution in [-0.2, 0) is 16.6 Å². The van der Waals surface area contributed by atoms with Crippen LogP contribution in [0.2, 0.25) is 0 Å². The van der Waals surface area contributed by atoms with Crippen LogP contribution < -0.4 is 4.72 Å². The van der Waals surface area contributed by atoms with Crippen LogP contribution in [0.5, 0.6) is 0 Å². The van der Waals surface area contributed by atoms with Crippen molar-refractivity contribution in [3.63, 3.8) is 0 Å². The van der Waals surface area contributed by atoms with Crippen molar-refractivity contribution in [2.24, 2.45) is 0 Å². The maximum Gasteiger partial charge on any atom is 0.264 e. The molecule has 0 aliphatic heterocycles. The summed E-state index contributed by atoms with van der Waals surface area (Å²) in [6.07, 6.45) is 0. The molecule has 0 aliphatic carbocycles. The molecule has 2 rings (SSSR count). The third-order valence-electron chi connectivity index (χ3n) is 2.64. The van der Waals surface area contributed by atoms with Gasteiger partial charge in [0.2, 0.25) is 0 Å². The zero-order valence-electron chi connectivity index (χ0n) is 10.5. The number of halogens is 3. The standard InChI is InChI=1S/C13H10F3NO3S/c14-9-2-3-10(15)12(6-9)17-21(19,20)13-4-1-8(7-18)5-11(13)16/h1-6,17-18H,7H2. The van der Waals surface area contributed by atoms with E-state index in [1.54, 1.807) is 4.72 Å². The number of sulfonamides is 1. The van der Waals surface area contributed by atoms with Gasteiger partial charge < -0.3 is 5.11 Å². The van der Waals surface area contributed by atoms with E-state index in [0.29, 0.717) is 6.07 Å². The Morgan fingerprint density at radius 1 is 1.00 bits per heavy atom. The minimum Gasteiger partial charge on any atom is -0.392 e. The molecule has 21 heavy (non-hydrogen) atoms. The van der Waals surface area contributed by atoms with E-state index in [4.69, 9.17) is 5.11 Å². The lowest BCUT2D eigenvalue weighted by molar-refractivity contribution is 0.281. The summed E-state index contributed by atoms with van der Waals surface area (Å²) in [6.45, 7) is -0.455.